The van der Waals surface area contributed by atoms with Crippen molar-refractivity contribution in [2.45, 2.75) is 55.6 Å². The third-order valence-electron chi connectivity index (χ3n) is 2.63. The fraction of sp³-hybridized carbons (Fsp3) is 1.00. The van der Waals surface area contributed by atoms with Crippen molar-refractivity contribution >= 4 is 0 Å². The summed E-state index contributed by atoms with van der Waals surface area (Å²) in [4.78, 5) is 0. The SMILES string of the molecule is CCCC(F)(F)C(F)(F)C(F)(F)C(F)(C(F)(F)F)C(F)(F)F. The van der Waals surface area contributed by atoms with E-state index in [-0.39, 0.29) is 0 Å². The molecule has 0 N–H and O–H groups in total. The van der Waals surface area contributed by atoms with Gasteiger partial charge in [-0.2, -0.15) is 52.7 Å². The number of hydrogen-bond acceptors (Lipinski definition) is 0. The van der Waals surface area contributed by atoms with Gasteiger partial charge in [-0.05, 0) is 0 Å². The van der Waals surface area contributed by atoms with Crippen molar-refractivity contribution in [1.29, 1.82) is 0 Å². The van der Waals surface area contributed by atoms with E-state index in [1.165, 1.54) is 0 Å². The molecule has 134 valence electrons. The molecule has 0 atom stereocenters. The van der Waals surface area contributed by atoms with Gasteiger partial charge in [-0.15, -0.1) is 0 Å². The van der Waals surface area contributed by atoms with E-state index in [0.29, 0.717) is 0 Å². The van der Waals surface area contributed by atoms with E-state index in [2.05, 4.69) is 0 Å². The normalized spacial score (nSPS) is 16.1. The summed E-state index contributed by atoms with van der Waals surface area (Å²) in [5.41, 5.74) is -7.85. The van der Waals surface area contributed by atoms with Gasteiger partial charge in [0, 0.05) is 6.42 Å². The lowest BCUT2D eigenvalue weighted by molar-refractivity contribution is -0.444. The Kier molecular flexibility index (Phi) is 5.10. The minimum atomic E-state index is -7.85. The van der Waals surface area contributed by atoms with Crippen LogP contribution in [0, 0.1) is 0 Å². The van der Waals surface area contributed by atoms with E-state index in [1.807, 2.05) is 0 Å². The van der Waals surface area contributed by atoms with Crippen LogP contribution in [0.1, 0.15) is 19.8 Å². The largest absolute Gasteiger partial charge is 0.438 e. The average molecular weight is 362 g/mol. The van der Waals surface area contributed by atoms with Crippen molar-refractivity contribution in [2.75, 3.05) is 0 Å². The highest BCUT2D eigenvalue weighted by Crippen LogP contribution is 2.62. The zero-order chi connectivity index (χ0) is 18.4. The van der Waals surface area contributed by atoms with Gasteiger partial charge < -0.3 is 0 Å². The van der Waals surface area contributed by atoms with Gasteiger partial charge in [0.15, 0.2) is 0 Å². The molecule has 0 heterocycles. The van der Waals surface area contributed by atoms with E-state index in [1.54, 1.807) is 0 Å². The van der Waals surface area contributed by atoms with E-state index in [0.717, 1.165) is 6.92 Å². The second kappa shape index (κ2) is 5.32. The van der Waals surface area contributed by atoms with E-state index in [9.17, 15) is 57.1 Å². The quantitative estimate of drug-likeness (QED) is 0.565. The van der Waals surface area contributed by atoms with Crippen molar-refractivity contribution in [3.05, 3.63) is 0 Å². The van der Waals surface area contributed by atoms with Crippen LogP contribution in [0.5, 0.6) is 0 Å². The summed E-state index contributed by atoms with van der Waals surface area (Å²) in [6, 6.07) is 0. The maximum absolute atomic E-state index is 13.0. The first kappa shape index (κ1) is 21.1. The van der Waals surface area contributed by atoms with E-state index in [4.69, 9.17) is 0 Å². The second-order valence-corrected chi connectivity index (χ2v) is 4.26. The van der Waals surface area contributed by atoms with Crippen molar-refractivity contribution in [3.63, 3.8) is 0 Å². The Balaban J connectivity index is 6.38. The number of hydrogen-bond donors (Lipinski definition) is 0. The van der Waals surface area contributed by atoms with Crippen LogP contribution in [-0.2, 0) is 0 Å². The Morgan fingerprint density at radius 3 is 1.09 bits per heavy atom. The van der Waals surface area contributed by atoms with Gasteiger partial charge in [0.1, 0.15) is 0 Å². The van der Waals surface area contributed by atoms with Crippen LogP contribution in [0.2, 0.25) is 0 Å². The van der Waals surface area contributed by atoms with E-state index < -0.39 is 48.6 Å². The van der Waals surface area contributed by atoms with Crippen molar-refractivity contribution in [3.8, 4) is 0 Å². The molecule has 0 bridgehead atoms. The Morgan fingerprint density at radius 2 is 0.864 bits per heavy atom. The lowest BCUT2D eigenvalue weighted by Crippen LogP contribution is -2.73. The van der Waals surface area contributed by atoms with Crippen LogP contribution in [0.3, 0.4) is 0 Å². The van der Waals surface area contributed by atoms with Gasteiger partial charge in [0.05, 0.1) is 0 Å². The van der Waals surface area contributed by atoms with Crippen molar-refractivity contribution < 1.29 is 57.1 Å². The van der Waals surface area contributed by atoms with Gasteiger partial charge in [-0.25, -0.2) is 4.39 Å². The molecule has 0 radical (unpaired) electrons. The van der Waals surface area contributed by atoms with Crippen LogP contribution < -0.4 is 0 Å². The zero-order valence-corrected chi connectivity index (χ0v) is 10.3. The molecule has 13 heteroatoms. The minimum Gasteiger partial charge on any atom is -0.216 e. The first-order valence-corrected chi connectivity index (χ1v) is 5.27. The molecular weight excluding hydrogens is 355 g/mol. The van der Waals surface area contributed by atoms with Gasteiger partial charge in [-0.1, -0.05) is 13.3 Å². The fourth-order valence-corrected chi connectivity index (χ4v) is 1.43. The molecule has 0 aromatic carbocycles. The molecule has 0 aliphatic heterocycles. The smallest absolute Gasteiger partial charge is 0.216 e. The molecule has 0 rings (SSSR count). The molecule has 0 aliphatic carbocycles. The first-order valence-electron chi connectivity index (χ1n) is 5.27. The van der Waals surface area contributed by atoms with Crippen LogP contribution in [0.25, 0.3) is 0 Å². The Morgan fingerprint density at radius 1 is 0.545 bits per heavy atom. The minimum absolute atomic E-state index is 0.721. The molecule has 0 spiro atoms. The third kappa shape index (κ3) is 2.70. The van der Waals surface area contributed by atoms with Gasteiger partial charge >= 0.3 is 35.8 Å². The molecule has 0 saturated carbocycles. The zero-order valence-electron chi connectivity index (χ0n) is 10.3. The molecule has 22 heavy (non-hydrogen) atoms. The standard InChI is InChI=1S/C9H7F13/c1-2-3-4(10,11)6(13,14)7(15,16)5(12,8(17,18)19)9(20,21)22/h2-3H2,1H3. The molecule has 0 aliphatic rings. The summed E-state index contributed by atoms with van der Waals surface area (Å²) in [5, 5.41) is 0. The molecule has 0 nitrogen and oxygen atoms in total. The molecule has 0 unspecified atom stereocenters. The van der Waals surface area contributed by atoms with Gasteiger partial charge in [-0.3, -0.25) is 0 Å². The lowest BCUT2D eigenvalue weighted by atomic mass is 9.86. The molecule has 0 aromatic heterocycles. The third-order valence-corrected chi connectivity index (χ3v) is 2.63. The second-order valence-electron chi connectivity index (χ2n) is 4.26. The van der Waals surface area contributed by atoms with E-state index >= 15 is 0 Å². The van der Waals surface area contributed by atoms with Crippen LogP contribution >= 0.6 is 0 Å². The van der Waals surface area contributed by atoms with Crippen molar-refractivity contribution in [2.24, 2.45) is 0 Å². The summed E-state index contributed by atoms with van der Waals surface area (Å²) < 4.78 is 163. The maximum atomic E-state index is 13.0. The predicted molar refractivity (Wildman–Crippen MR) is 45.7 cm³/mol. The molecule has 0 aromatic rings. The summed E-state index contributed by atoms with van der Waals surface area (Å²) >= 11 is 0. The van der Waals surface area contributed by atoms with Crippen LogP contribution in [0.15, 0.2) is 0 Å². The molecule has 0 saturated heterocycles. The highest BCUT2D eigenvalue weighted by molar-refractivity contribution is 5.14. The summed E-state index contributed by atoms with van der Waals surface area (Å²) in [7, 11) is 0. The summed E-state index contributed by atoms with van der Waals surface area (Å²) in [6.07, 6.45) is -18.4. The molecule has 0 fully saturated rings. The topological polar surface area (TPSA) is 0 Å². The lowest BCUT2D eigenvalue weighted by Gasteiger charge is -2.41. The monoisotopic (exact) mass is 362 g/mol. The molecule has 0 amide bonds. The highest BCUT2D eigenvalue weighted by Gasteiger charge is 2.93. The summed E-state index contributed by atoms with van der Waals surface area (Å²) in [6.45, 7) is 0.721. The predicted octanol–water partition coefficient (Wildman–Crippen LogP) is 5.53. The number of rotatable bonds is 5. The Bertz CT molecular complexity index is 373. The highest BCUT2D eigenvalue weighted by atomic mass is 19.4. The first-order chi connectivity index (χ1) is 9.31. The average Bonchev–Trinajstić information content (AvgIpc) is 2.23. The molecular formula is C9H7F13. The fourth-order valence-electron chi connectivity index (χ4n) is 1.43. The van der Waals surface area contributed by atoms with Gasteiger partial charge in [0.25, 0.3) is 0 Å². The number of alkyl halides is 13. The Labute approximate surface area is 114 Å². The van der Waals surface area contributed by atoms with Crippen LogP contribution in [-0.4, -0.2) is 35.8 Å². The van der Waals surface area contributed by atoms with Crippen molar-refractivity contribution in [1.82, 2.24) is 0 Å². The Hall–Kier alpha value is -0.910. The van der Waals surface area contributed by atoms with Crippen LogP contribution in [0.4, 0.5) is 57.1 Å². The summed E-state index contributed by atoms with van der Waals surface area (Å²) in [5.74, 6) is -21.0. The maximum Gasteiger partial charge on any atom is 0.438 e. The van der Waals surface area contributed by atoms with Gasteiger partial charge in [0.2, 0.25) is 0 Å². The number of halogens is 13.